The van der Waals surface area contributed by atoms with Gasteiger partial charge >= 0.3 is 5.97 Å². The fourth-order valence-corrected chi connectivity index (χ4v) is 6.13. The lowest BCUT2D eigenvalue weighted by Gasteiger charge is -2.32. The lowest BCUT2D eigenvalue weighted by Crippen LogP contribution is -2.39. The van der Waals surface area contributed by atoms with Crippen molar-refractivity contribution in [2.24, 2.45) is 5.73 Å². The van der Waals surface area contributed by atoms with E-state index in [-0.39, 0.29) is 29.2 Å². The number of nitrogens with two attached hydrogens (primary N) is 1. The molecule has 0 bridgehead atoms. The van der Waals surface area contributed by atoms with Gasteiger partial charge < -0.3 is 20.5 Å². The number of aromatic nitrogens is 1. The molecular weight excluding hydrogens is 578 g/mol. The summed E-state index contributed by atoms with van der Waals surface area (Å²) in [5.41, 5.74) is 8.09. The van der Waals surface area contributed by atoms with E-state index in [0.29, 0.717) is 16.9 Å². The summed E-state index contributed by atoms with van der Waals surface area (Å²) < 4.78 is 33.2. The fraction of sp³-hybridized carbons (Fsp3) is 0.300. The number of amidine groups is 1. The Morgan fingerprint density at radius 2 is 1.95 bits per heavy atom. The monoisotopic (exact) mass is 611 g/mol. The van der Waals surface area contributed by atoms with Crippen LogP contribution in [0.15, 0.2) is 72.9 Å². The lowest BCUT2D eigenvalue weighted by atomic mass is 10.1. The Labute approximate surface area is 250 Å². The van der Waals surface area contributed by atoms with Crippen molar-refractivity contribution >= 4 is 45.2 Å². The molecule has 0 spiro atoms. The van der Waals surface area contributed by atoms with Gasteiger partial charge in [0.05, 0.1) is 17.3 Å². The van der Waals surface area contributed by atoms with Crippen LogP contribution in [-0.4, -0.2) is 73.2 Å². The van der Waals surface area contributed by atoms with Crippen molar-refractivity contribution < 1.29 is 23.1 Å². The number of likely N-dealkylation sites (tertiary alicyclic amines) is 1. The minimum Gasteiger partial charge on any atom is -0.489 e. The number of hydrogen-bond donors (Lipinski definition) is 3. The number of anilines is 1. The molecule has 42 heavy (non-hydrogen) atoms. The number of nitrogens with zero attached hydrogens (tertiary/aromatic N) is 3. The zero-order valence-corrected chi connectivity index (χ0v) is 24.6. The molecule has 1 saturated heterocycles. The lowest BCUT2D eigenvalue weighted by molar-refractivity contribution is -0.134. The van der Waals surface area contributed by atoms with Gasteiger partial charge in [0.1, 0.15) is 17.7 Å². The van der Waals surface area contributed by atoms with Crippen molar-refractivity contribution in [1.29, 1.82) is 5.41 Å². The van der Waals surface area contributed by atoms with Gasteiger partial charge in [-0.25, -0.2) is 8.42 Å². The first kappa shape index (κ1) is 31.0. The summed E-state index contributed by atoms with van der Waals surface area (Å²) in [6, 6.07) is 17.5. The number of halogens is 1. The van der Waals surface area contributed by atoms with Gasteiger partial charge in [0.25, 0.3) is 0 Å². The van der Waals surface area contributed by atoms with Crippen molar-refractivity contribution in [3.8, 4) is 5.75 Å². The molecule has 12 heteroatoms. The number of nitrogens with one attached hydrogen (secondary N) is 1. The van der Waals surface area contributed by atoms with Crippen LogP contribution >= 0.6 is 11.6 Å². The second-order valence-corrected chi connectivity index (χ2v) is 12.3. The van der Waals surface area contributed by atoms with Crippen LogP contribution in [0.1, 0.15) is 29.7 Å². The smallest absolute Gasteiger partial charge is 0.320 e. The predicted octanol–water partition coefficient (Wildman–Crippen LogP) is 4.04. The molecule has 3 aromatic rings. The minimum atomic E-state index is -4.22. The average molecular weight is 612 g/mol. The van der Waals surface area contributed by atoms with Crippen molar-refractivity contribution in [2.75, 3.05) is 36.2 Å². The molecule has 2 heterocycles. The van der Waals surface area contributed by atoms with Gasteiger partial charge in [-0.15, -0.1) is 0 Å². The molecule has 1 aromatic heterocycles. The predicted molar refractivity (Wildman–Crippen MR) is 165 cm³/mol. The number of carbonyl (C=O) groups is 1. The number of ether oxygens (including phenoxy) is 1. The van der Waals surface area contributed by atoms with E-state index < -0.39 is 21.7 Å². The maximum absolute atomic E-state index is 13.0. The number of hydrogen-bond acceptors (Lipinski definition) is 7. The van der Waals surface area contributed by atoms with Gasteiger partial charge in [0.2, 0.25) is 10.0 Å². The first-order valence-electron chi connectivity index (χ1n) is 13.5. The molecule has 0 aliphatic carbocycles. The summed E-state index contributed by atoms with van der Waals surface area (Å²) in [5.74, 6) is -2.18. The zero-order valence-electron chi connectivity index (χ0n) is 23.0. The van der Waals surface area contributed by atoms with Crippen LogP contribution in [0.5, 0.6) is 5.75 Å². The Hall–Kier alpha value is -3.93. The normalized spacial score (nSPS) is 14.6. The molecule has 4 N–H and O–H groups in total. The molecule has 2 aromatic carbocycles. The number of benzene rings is 2. The Morgan fingerprint density at radius 1 is 1.17 bits per heavy atom. The topological polar surface area (TPSA) is 150 Å². The third-order valence-corrected chi connectivity index (χ3v) is 8.80. The molecule has 10 nitrogen and oxygen atoms in total. The molecule has 4 rings (SSSR count). The number of sulfonamides is 1. The molecule has 0 amide bonds. The summed E-state index contributed by atoms with van der Waals surface area (Å²) in [7, 11) is -4.22. The van der Waals surface area contributed by atoms with Crippen LogP contribution in [0.4, 0.5) is 5.69 Å². The summed E-state index contributed by atoms with van der Waals surface area (Å²) in [5, 5.41) is 17.0. The zero-order chi connectivity index (χ0) is 30.1. The first-order chi connectivity index (χ1) is 20.1. The molecule has 0 radical (unpaired) electrons. The Kier molecular flexibility index (Phi) is 10.6. The summed E-state index contributed by atoms with van der Waals surface area (Å²) in [6.45, 7) is 2.57. The number of carboxylic acid groups (broad SMARTS) is 1. The number of rotatable bonds is 13. The maximum Gasteiger partial charge on any atom is 0.320 e. The van der Waals surface area contributed by atoms with E-state index in [2.05, 4.69) is 9.88 Å². The van der Waals surface area contributed by atoms with E-state index >= 15 is 0 Å². The Bertz CT molecular complexity index is 1530. The largest absolute Gasteiger partial charge is 0.489 e. The Morgan fingerprint density at radius 3 is 2.62 bits per heavy atom. The second-order valence-electron chi connectivity index (χ2n) is 9.97. The van der Waals surface area contributed by atoms with Crippen molar-refractivity contribution in [3.63, 3.8) is 0 Å². The molecule has 0 saturated carbocycles. The van der Waals surface area contributed by atoms with Gasteiger partial charge in [-0.3, -0.25) is 19.5 Å². The maximum atomic E-state index is 13.0. The quantitative estimate of drug-likeness (QED) is 0.194. The average Bonchev–Trinajstić information content (AvgIpc) is 2.96. The third-order valence-electron chi connectivity index (χ3n) is 6.86. The van der Waals surface area contributed by atoms with Crippen molar-refractivity contribution in [2.45, 2.75) is 25.4 Å². The van der Waals surface area contributed by atoms with Gasteiger partial charge in [-0.1, -0.05) is 48.0 Å². The molecule has 1 aliphatic rings. The van der Waals surface area contributed by atoms with E-state index in [1.807, 2.05) is 18.2 Å². The number of carboxylic acids is 1. The molecule has 1 aliphatic heterocycles. The van der Waals surface area contributed by atoms with Crippen LogP contribution in [0, 0.1) is 5.41 Å². The van der Waals surface area contributed by atoms with Gasteiger partial charge in [-0.2, -0.15) is 0 Å². The van der Waals surface area contributed by atoms with Crippen LogP contribution < -0.4 is 14.8 Å². The highest BCUT2D eigenvalue weighted by molar-refractivity contribution is 7.93. The molecule has 0 atom stereocenters. The highest BCUT2D eigenvalue weighted by atomic mass is 35.5. The van der Waals surface area contributed by atoms with Gasteiger partial charge in [0.15, 0.2) is 5.75 Å². The summed E-state index contributed by atoms with van der Waals surface area (Å²) in [6.07, 6.45) is 7.60. The van der Waals surface area contributed by atoms with Gasteiger partial charge in [0, 0.05) is 43.5 Å². The second kappa shape index (κ2) is 14.3. The van der Waals surface area contributed by atoms with Crippen molar-refractivity contribution in [1.82, 2.24) is 9.88 Å². The highest BCUT2D eigenvalue weighted by Crippen LogP contribution is 2.32. The first-order valence-corrected chi connectivity index (χ1v) is 15.5. The fourth-order valence-electron chi connectivity index (χ4n) is 4.70. The third kappa shape index (κ3) is 8.78. The summed E-state index contributed by atoms with van der Waals surface area (Å²) >= 11 is 6.54. The van der Waals surface area contributed by atoms with Crippen LogP contribution in [-0.2, 0) is 21.2 Å². The molecular formula is C30H34ClN5O5S. The number of pyridine rings is 1. The minimum absolute atomic E-state index is 0.0278. The van der Waals surface area contributed by atoms with Crippen molar-refractivity contribution in [3.05, 3.63) is 94.8 Å². The van der Waals surface area contributed by atoms with Gasteiger partial charge in [-0.05, 0) is 54.8 Å². The molecule has 1 fully saturated rings. The van der Waals surface area contributed by atoms with E-state index in [1.165, 1.54) is 6.07 Å². The van der Waals surface area contributed by atoms with Crippen LogP contribution in [0.25, 0.3) is 6.08 Å². The van der Waals surface area contributed by atoms with E-state index in [4.69, 9.17) is 27.5 Å². The van der Waals surface area contributed by atoms with E-state index in [9.17, 15) is 18.3 Å². The number of aliphatic carboxylic acids is 1. The molecule has 0 unspecified atom stereocenters. The SMILES string of the molecule is N=C(N)c1cccc(/C=C/CN(c2ccc(OC3CCN(CCc4ccccn4)CC3)c(Cl)c2)S(=O)(=O)CC(=O)O)c1. The Balaban J connectivity index is 1.41. The molecule has 222 valence electrons. The van der Waals surface area contributed by atoms with Crippen LogP contribution in [0.2, 0.25) is 5.02 Å². The van der Waals surface area contributed by atoms with E-state index in [0.717, 1.165) is 48.9 Å². The number of nitrogen functional groups attached to an aromatic ring is 1. The summed E-state index contributed by atoms with van der Waals surface area (Å²) in [4.78, 5) is 18.1. The number of piperidine rings is 1. The van der Waals surface area contributed by atoms with Crippen LogP contribution in [0.3, 0.4) is 0 Å². The van der Waals surface area contributed by atoms with E-state index in [1.54, 1.807) is 54.7 Å². The highest BCUT2D eigenvalue weighted by Gasteiger charge is 2.26. The standard InChI is InChI=1S/C30H34ClN5O5S/c31-27-20-25(9-10-28(27)41-26-12-17-35(18-13-26)16-11-24-8-1-2-14-34-24)36(42(39,40)21-29(37)38)15-4-6-22-5-3-7-23(19-22)30(32)33/h1-10,14,19-20,26H,11-13,15-18,21H2,(H3,32,33)(H,37,38)/b6-4+.